The number of hydrogen-bond acceptors (Lipinski definition) is 2. The van der Waals surface area contributed by atoms with Crippen molar-refractivity contribution in [2.75, 3.05) is 11.9 Å². The molecule has 0 heterocycles. The average molecular weight is 648 g/mol. The van der Waals surface area contributed by atoms with Crippen molar-refractivity contribution in [3.63, 3.8) is 0 Å². The van der Waals surface area contributed by atoms with Gasteiger partial charge in [0.05, 0.1) is 30.8 Å². The number of nitrogens with one attached hydrogen (secondary N) is 2. The highest BCUT2D eigenvalue weighted by Crippen LogP contribution is 2.47. The number of rotatable bonds is 7. The van der Waals surface area contributed by atoms with Crippen molar-refractivity contribution in [2.45, 2.75) is 39.2 Å². The molecule has 2 N–H and O–H groups in total. The van der Waals surface area contributed by atoms with Crippen LogP contribution in [0.5, 0.6) is 0 Å². The van der Waals surface area contributed by atoms with Gasteiger partial charge in [0.15, 0.2) is 5.11 Å². The van der Waals surface area contributed by atoms with E-state index in [1.165, 1.54) is 0 Å². The van der Waals surface area contributed by atoms with Gasteiger partial charge in [-0.2, -0.15) is 26.3 Å². The van der Waals surface area contributed by atoms with E-state index < -0.39 is 47.7 Å². The molecule has 0 amide bonds. The van der Waals surface area contributed by atoms with E-state index in [-0.39, 0.29) is 17.7 Å². The minimum absolute atomic E-state index is 0.0819. The van der Waals surface area contributed by atoms with Gasteiger partial charge < -0.3 is 10.6 Å². The summed E-state index contributed by atoms with van der Waals surface area (Å²) in [6.07, 6.45) is -9.95. The van der Waals surface area contributed by atoms with Gasteiger partial charge in [0.2, 0.25) is 0 Å². The highest BCUT2D eigenvalue weighted by molar-refractivity contribution is 7.87. The van der Waals surface area contributed by atoms with Gasteiger partial charge in [-0.3, -0.25) is 4.74 Å². The molecule has 4 rings (SSSR count). The topological polar surface area (TPSA) is 36.4 Å². The average Bonchev–Trinajstić information content (AvgIpc) is 2.97. The molecule has 0 aliphatic carbocycles. The van der Waals surface area contributed by atoms with E-state index in [1.807, 2.05) is 75.4 Å². The van der Waals surface area contributed by atoms with E-state index in [9.17, 15) is 26.3 Å². The van der Waals surface area contributed by atoms with Gasteiger partial charge in [-0.25, -0.2) is 0 Å². The third-order valence-electron chi connectivity index (χ3n) is 7.06. The molecule has 0 radical (unpaired) electrons. The zero-order valence-corrected chi connectivity index (χ0v) is 26.0. The lowest BCUT2D eigenvalue weighted by Gasteiger charge is -2.34. The second-order valence-corrected chi connectivity index (χ2v) is 14.8. The Morgan fingerprint density at radius 2 is 1.07 bits per heavy atom. The molecule has 44 heavy (non-hydrogen) atoms. The van der Waals surface area contributed by atoms with Gasteiger partial charge in [0, 0.05) is 21.6 Å². The van der Waals surface area contributed by atoms with Crippen molar-refractivity contribution < 1.29 is 26.3 Å². The predicted molar refractivity (Wildman–Crippen MR) is 171 cm³/mol. The Hall–Kier alpha value is -3.62. The third kappa shape index (κ3) is 7.90. The fourth-order valence-electron chi connectivity index (χ4n) is 4.72. The van der Waals surface area contributed by atoms with Crippen LogP contribution in [0.2, 0.25) is 0 Å². The van der Waals surface area contributed by atoms with Crippen molar-refractivity contribution in [2.24, 2.45) is 10.2 Å². The molecule has 0 bridgehead atoms. The molecule has 0 aliphatic heterocycles. The van der Waals surface area contributed by atoms with Crippen molar-refractivity contribution in [1.29, 1.82) is 0 Å². The van der Waals surface area contributed by atoms with Crippen molar-refractivity contribution in [3.8, 4) is 0 Å². The highest BCUT2D eigenvalue weighted by Gasteiger charge is 2.37. The Kier molecular flexibility index (Phi) is 9.96. The van der Waals surface area contributed by atoms with Crippen LogP contribution in [0.1, 0.15) is 31.9 Å². The maximum Gasteiger partial charge on any atom is 0.416 e. The largest absolute Gasteiger partial charge is 0.416 e. The van der Waals surface area contributed by atoms with E-state index in [2.05, 4.69) is 47.0 Å². The molecule has 0 aromatic heterocycles. The molecule has 4 aromatic carbocycles. The Labute approximate surface area is 258 Å². The molecule has 232 valence electrons. The minimum Gasteiger partial charge on any atom is -0.357 e. The lowest BCUT2D eigenvalue weighted by Crippen LogP contribution is -2.47. The standard InChI is InChI=1S/C33H32F6N3PS/c1-31(2,3)29(42-30(44)41-25-20-23(32(34,35)36)19-24(21-25)33(37,38)39)22-40-43(26-13-7-4-8-14-26,27-15-9-5-10-16-27)28-17-11-6-12-18-28/h4-21,29H,22H2,1-3H3,(H2,41,42,44)/t29-/m1/s1. The number of benzene rings is 4. The molecule has 0 unspecified atom stereocenters. The van der Waals surface area contributed by atoms with Gasteiger partial charge in [-0.05, 0) is 35.8 Å². The number of anilines is 1. The van der Waals surface area contributed by atoms with Crippen LogP contribution in [0.3, 0.4) is 0 Å². The molecule has 0 saturated heterocycles. The third-order valence-corrected chi connectivity index (χ3v) is 11.0. The SMILES string of the molecule is CC(C)(C)[C@@H](CN=P(c1ccccc1)(c1ccccc1)c1ccccc1)NC(=S)Nc1cc(C(F)(F)F)cc(C(F)(F)F)c1. The Balaban J connectivity index is 1.75. The predicted octanol–water partition coefficient (Wildman–Crippen LogP) is 8.60. The number of thiocarbonyl (C=S) groups is 1. The smallest absolute Gasteiger partial charge is 0.357 e. The summed E-state index contributed by atoms with van der Waals surface area (Å²) in [5, 5.41) is 8.67. The van der Waals surface area contributed by atoms with Crippen LogP contribution in [-0.2, 0) is 12.4 Å². The molecule has 4 aromatic rings. The quantitative estimate of drug-likeness (QED) is 0.120. The first-order valence-corrected chi connectivity index (χ1v) is 15.9. The Bertz CT molecular complexity index is 1480. The highest BCUT2D eigenvalue weighted by atomic mass is 32.1. The summed E-state index contributed by atoms with van der Waals surface area (Å²) in [5.41, 5.74) is -3.74. The van der Waals surface area contributed by atoms with Gasteiger partial charge in [0.1, 0.15) is 0 Å². The normalized spacial score (nSPS) is 13.2. The van der Waals surface area contributed by atoms with Gasteiger partial charge in [0.25, 0.3) is 0 Å². The van der Waals surface area contributed by atoms with Crippen LogP contribution in [0, 0.1) is 5.41 Å². The molecule has 0 saturated carbocycles. The first kappa shape index (κ1) is 33.3. The number of hydrogen-bond donors (Lipinski definition) is 2. The van der Waals surface area contributed by atoms with Crippen molar-refractivity contribution >= 4 is 46.0 Å². The Morgan fingerprint density at radius 1 is 0.682 bits per heavy atom. The van der Waals surface area contributed by atoms with Crippen molar-refractivity contribution in [1.82, 2.24) is 5.32 Å². The minimum atomic E-state index is -4.97. The van der Waals surface area contributed by atoms with Gasteiger partial charge >= 0.3 is 12.4 Å². The second-order valence-electron chi connectivity index (χ2n) is 11.3. The van der Waals surface area contributed by atoms with Gasteiger partial charge in [-0.15, -0.1) is 0 Å². The molecular formula is C33H32F6N3PS. The zero-order valence-electron chi connectivity index (χ0n) is 24.2. The first-order chi connectivity index (χ1) is 20.6. The molecule has 0 aliphatic rings. The summed E-state index contributed by atoms with van der Waals surface area (Å²) in [6.45, 7) is 6.13. The van der Waals surface area contributed by atoms with E-state index in [0.29, 0.717) is 12.1 Å². The molecule has 0 spiro atoms. The number of nitrogens with zero attached hydrogens (tertiary/aromatic N) is 1. The number of halogens is 6. The van der Waals surface area contributed by atoms with Crippen LogP contribution in [-0.4, -0.2) is 17.7 Å². The van der Waals surface area contributed by atoms with E-state index in [1.54, 1.807) is 0 Å². The molecular weight excluding hydrogens is 615 g/mol. The van der Waals surface area contributed by atoms with Crippen LogP contribution in [0.25, 0.3) is 0 Å². The summed E-state index contributed by atoms with van der Waals surface area (Å²) >= 11 is 5.43. The van der Waals surface area contributed by atoms with Crippen molar-refractivity contribution in [3.05, 3.63) is 120 Å². The molecule has 1 atom stereocenters. The summed E-state index contributed by atoms with van der Waals surface area (Å²) in [5.74, 6) is 0. The van der Waals surface area contributed by atoms with Crippen LogP contribution in [0.4, 0.5) is 32.0 Å². The van der Waals surface area contributed by atoms with E-state index in [4.69, 9.17) is 17.0 Å². The second kappa shape index (κ2) is 13.2. The zero-order chi connectivity index (χ0) is 32.2. The molecule has 11 heteroatoms. The van der Waals surface area contributed by atoms with E-state index >= 15 is 0 Å². The summed E-state index contributed by atoms with van der Waals surface area (Å²) < 4.78 is 86.0. The molecule has 3 nitrogen and oxygen atoms in total. The summed E-state index contributed by atoms with van der Waals surface area (Å²) in [6, 6.07) is 30.8. The lowest BCUT2D eigenvalue weighted by molar-refractivity contribution is -0.143. The Morgan fingerprint density at radius 3 is 1.41 bits per heavy atom. The maximum absolute atomic E-state index is 13.4. The van der Waals surface area contributed by atoms with Crippen LogP contribution in [0.15, 0.2) is 114 Å². The van der Waals surface area contributed by atoms with E-state index in [0.717, 1.165) is 15.9 Å². The summed E-state index contributed by atoms with van der Waals surface area (Å²) in [4.78, 5) is 0. The fourth-order valence-corrected chi connectivity index (χ4v) is 8.58. The first-order valence-electron chi connectivity index (χ1n) is 13.7. The van der Waals surface area contributed by atoms with Crippen LogP contribution >= 0.6 is 19.3 Å². The van der Waals surface area contributed by atoms with Gasteiger partial charge in [-0.1, -0.05) is 112 Å². The maximum atomic E-state index is 13.4. The number of alkyl halides is 6. The van der Waals surface area contributed by atoms with Crippen LogP contribution < -0.4 is 26.5 Å². The molecule has 0 fully saturated rings. The summed E-state index contributed by atoms with van der Waals surface area (Å²) in [7, 11) is -2.57. The fraction of sp³-hybridized carbons (Fsp3) is 0.242. The lowest BCUT2D eigenvalue weighted by atomic mass is 9.87. The monoisotopic (exact) mass is 647 g/mol.